The summed E-state index contributed by atoms with van der Waals surface area (Å²) in [6.45, 7) is 2.77. The summed E-state index contributed by atoms with van der Waals surface area (Å²) in [5, 5.41) is 8.55. The van der Waals surface area contributed by atoms with Crippen molar-refractivity contribution in [3.63, 3.8) is 0 Å². The predicted octanol–water partition coefficient (Wildman–Crippen LogP) is 1.69. The second-order valence-corrected chi connectivity index (χ2v) is 3.06. The van der Waals surface area contributed by atoms with Gasteiger partial charge < -0.3 is 9.84 Å². The molecule has 0 heterocycles. The predicted molar refractivity (Wildman–Crippen MR) is 47.4 cm³/mol. The standard InChI is InChI=1S/C9H15F3O3/c1-2-15-6-4-3-5-7(13)8(14)9(10,11)12/h8,14H,2-6H2,1H3. The maximum atomic E-state index is 11.8. The maximum absolute atomic E-state index is 11.8. The van der Waals surface area contributed by atoms with E-state index in [1.54, 1.807) is 6.92 Å². The molecule has 0 radical (unpaired) electrons. The number of carbonyl (C=O) groups excluding carboxylic acids is 1. The molecule has 0 aliphatic rings. The van der Waals surface area contributed by atoms with Gasteiger partial charge in [-0.2, -0.15) is 13.2 Å². The lowest BCUT2D eigenvalue weighted by Crippen LogP contribution is -2.36. The Kier molecular flexibility index (Phi) is 6.51. The molecule has 0 spiro atoms. The number of unbranched alkanes of at least 4 members (excludes halogenated alkanes) is 1. The summed E-state index contributed by atoms with van der Waals surface area (Å²) in [5.74, 6) is -1.18. The molecule has 0 rings (SSSR count). The average Bonchev–Trinajstić information content (AvgIpc) is 2.14. The minimum atomic E-state index is -4.85. The van der Waals surface area contributed by atoms with Gasteiger partial charge in [0, 0.05) is 19.6 Å². The minimum Gasteiger partial charge on any atom is -0.382 e. The number of ketones is 1. The number of alkyl halides is 3. The number of halogens is 3. The molecule has 90 valence electrons. The van der Waals surface area contributed by atoms with Crippen LogP contribution in [0.4, 0.5) is 13.2 Å². The van der Waals surface area contributed by atoms with E-state index in [0.29, 0.717) is 26.1 Å². The van der Waals surface area contributed by atoms with E-state index in [9.17, 15) is 18.0 Å². The van der Waals surface area contributed by atoms with Gasteiger partial charge in [-0.15, -0.1) is 0 Å². The molecule has 0 aromatic heterocycles. The number of hydrogen-bond donors (Lipinski definition) is 1. The monoisotopic (exact) mass is 228 g/mol. The Bertz CT molecular complexity index is 192. The molecule has 0 saturated carbocycles. The lowest BCUT2D eigenvalue weighted by Gasteiger charge is -2.12. The van der Waals surface area contributed by atoms with Crippen molar-refractivity contribution in [3.05, 3.63) is 0 Å². The van der Waals surface area contributed by atoms with Crippen molar-refractivity contribution in [3.8, 4) is 0 Å². The van der Waals surface area contributed by atoms with Crippen molar-refractivity contribution in [2.75, 3.05) is 13.2 Å². The summed E-state index contributed by atoms with van der Waals surface area (Å²) in [6.07, 6.45) is -7.15. The van der Waals surface area contributed by atoms with Gasteiger partial charge in [-0.25, -0.2) is 0 Å². The van der Waals surface area contributed by atoms with Crippen LogP contribution in [0.15, 0.2) is 0 Å². The first-order valence-corrected chi connectivity index (χ1v) is 4.74. The highest BCUT2D eigenvalue weighted by atomic mass is 19.4. The van der Waals surface area contributed by atoms with Gasteiger partial charge in [0.05, 0.1) is 0 Å². The van der Waals surface area contributed by atoms with Gasteiger partial charge in [0.15, 0.2) is 5.78 Å². The number of rotatable bonds is 7. The molecule has 6 heteroatoms. The molecule has 0 saturated heterocycles. The molecular formula is C9H15F3O3. The second-order valence-electron chi connectivity index (χ2n) is 3.06. The smallest absolute Gasteiger partial charge is 0.382 e. The highest BCUT2D eigenvalue weighted by Gasteiger charge is 2.42. The molecule has 0 aromatic rings. The van der Waals surface area contributed by atoms with Crippen LogP contribution in [0, 0.1) is 0 Å². The third kappa shape index (κ3) is 6.46. The zero-order chi connectivity index (χ0) is 11.9. The van der Waals surface area contributed by atoms with E-state index in [1.807, 2.05) is 0 Å². The van der Waals surface area contributed by atoms with Gasteiger partial charge in [0.2, 0.25) is 6.10 Å². The van der Waals surface area contributed by atoms with E-state index in [-0.39, 0.29) is 6.42 Å². The first-order valence-electron chi connectivity index (χ1n) is 4.74. The van der Waals surface area contributed by atoms with Gasteiger partial charge in [0.25, 0.3) is 0 Å². The van der Waals surface area contributed by atoms with E-state index in [1.165, 1.54) is 0 Å². The van der Waals surface area contributed by atoms with Crippen molar-refractivity contribution < 1.29 is 27.8 Å². The van der Waals surface area contributed by atoms with Crippen molar-refractivity contribution in [2.24, 2.45) is 0 Å². The Hall–Kier alpha value is -0.620. The van der Waals surface area contributed by atoms with Gasteiger partial charge >= 0.3 is 6.18 Å². The lowest BCUT2D eigenvalue weighted by atomic mass is 10.1. The van der Waals surface area contributed by atoms with E-state index in [2.05, 4.69) is 0 Å². The van der Waals surface area contributed by atoms with Crippen LogP contribution in [0.3, 0.4) is 0 Å². The van der Waals surface area contributed by atoms with Crippen LogP contribution in [0.25, 0.3) is 0 Å². The molecule has 0 bridgehead atoms. The number of carbonyl (C=O) groups is 1. The molecule has 1 N–H and O–H groups in total. The van der Waals surface area contributed by atoms with Crippen LogP contribution in [-0.4, -0.2) is 36.4 Å². The zero-order valence-corrected chi connectivity index (χ0v) is 8.51. The minimum absolute atomic E-state index is 0.270. The van der Waals surface area contributed by atoms with E-state index >= 15 is 0 Å². The van der Waals surface area contributed by atoms with Crippen LogP contribution in [-0.2, 0) is 9.53 Å². The van der Waals surface area contributed by atoms with E-state index < -0.39 is 18.1 Å². The van der Waals surface area contributed by atoms with Gasteiger partial charge in [0.1, 0.15) is 0 Å². The third-order valence-corrected chi connectivity index (χ3v) is 1.78. The van der Waals surface area contributed by atoms with Crippen LogP contribution in [0.1, 0.15) is 26.2 Å². The van der Waals surface area contributed by atoms with Crippen LogP contribution < -0.4 is 0 Å². The Morgan fingerprint density at radius 3 is 2.47 bits per heavy atom. The Balaban J connectivity index is 3.66. The largest absolute Gasteiger partial charge is 0.421 e. The average molecular weight is 228 g/mol. The molecule has 1 unspecified atom stereocenters. The summed E-state index contributed by atoms with van der Waals surface area (Å²) in [4.78, 5) is 10.8. The molecular weight excluding hydrogens is 213 g/mol. The molecule has 1 atom stereocenters. The number of Topliss-reactive ketones (excluding diaryl/α,β-unsaturated/α-hetero) is 1. The van der Waals surface area contributed by atoms with Gasteiger partial charge in [-0.1, -0.05) is 0 Å². The van der Waals surface area contributed by atoms with E-state index in [0.717, 1.165) is 0 Å². The normalized spacial score (nSPS) is 13.9. The van der Waals surface area contributed by atoms with Crippen LogP contribution in [0.5, 0.6) is 0 Å². The fourth-order valence-electron chi connectivity index (χ4n) is 0.967. The first-order chi connectivity index (χ1) is 6.89. The van der Waals surface area contributed by atoms with Crippen LogP contribution in [0.2, 0.25) is 0 Å². The number of ether oxygens (including phenoxy) is 1. The summed E-state index contributed by atoms with van der Waals surface area (Å²) in [7, 11) is 0. The Morgan fingerprint density at radius 1 is 1.40 bits per heavy atom. The molecule has 15 heavy (non-hydrogen) atoms. The van der Waals surface area contributed by atoms with Crippen molar-refractivity contribution in [2.45, 2.75) is 38.5 Å². The van der Waals surface area contributed by atoms with Gasteiger partial charge in [-0.3, -0.25) is 4.79 Å². The summed E-state index contributed by atoms with van der Waals surface area (Å²) < 4.78 is 40.4. The summed E-state index contributed by atoms with van der Waals surface area (Å²) in [6, 6.07) is 0. The van der Waals surface area contributed by atoms with Crippen molar-refractivity contribution in [1.82, 2.24) is 0 Å². The molecule has 0 aliphatic carbocycles. The van der Waals surface area contributed by atoms with Crippen LogP contribution >= 0.6 is 0 Å². The third-order valence-electron chi connectivity index (χ3n) is 1.78. The maximum Gasteiger partial charge on any atom is 0.421 e. The van der Waals surface area contributed by atoms with Crippen molar-refractivity contribution >= 4 is 5.78 Å². The SMILES string of the molecule is CCOCCCCC(=O)C(O)C(F)(F)F. The van der Waals surface area contributed by atoms with Gasteiger partial charge in [-0.05, 0) is 19.8 Å². The Labute approximate surface area is 86.2 Å². The molecule has 0 aromatic carbocycles. The molecule has 0 fully saturated rings. The summed E-state index contributed by atoms with van der Waals surface area (Å²) in [5.41, 5.74) is 0. The molecule has 0 amide bonds. The first kappa shape index (κ1) is 14.4. The molecule has 3 nitrogen and oxygen atoms in total. The summed E-state index contributed by atoms with van der Waals surface area (Å²) >= 11 is 0. The van der Waals surface area contributed by atoms with E-state index in [4.69, 9.17) is 9.84 Å². The highest BCUT2D eigenvalue weighted by Crippen LogP contribution is 2.21. The quantitative estimate of drug-likeness (QED) is 0.674. The fourth-order valence-corrected chi connectivity index (χ4v) is 0.967. The second kappa shape index (κ2) is 6.79. The highest BCUT2D eigenvalue weighted by molar-refractivity contribution is 5.83. The molecule has 0 aliphatic heterocycles. The fraction of sp³-hybridized carbons (Fsp3) is 0.889. The number of aliphatic hydroxyl groups is 1. The Morgan fingerprint density at radius 2 is 2.00 bits per heavy atom. The van der Waals surface area contributed by atoms with Crippen molar-refractivity contribution in [1.29, 1.82) is 0 Å². The number of aliphatic hydroxyl groups excluding tert-OH is 1. The zero-order valence-electron chi connectivity index (χ0n) is 8.51. The topological polar surface area (TPSA) is 46.5 Å². The number of hydrogen-bond acceptors (Lipinski definition) is 3. The lowest BCUT2D eigenvalue weighted by molar-refractivity contribution is -0.203.